The van der Waals surface area contributed by atoms with E-state index in [1.165, 1.54) is 0 Å². The Bertz CT molecular complexity index is 326. The highest BCUT2D eigenvalue weighted by Crippen LogP contribution is 2.37. The summed E-state index contributed by atoms with van der Waals surface area (Å²) in [4.78, 5) is 0. The Labute approximate surface area is 89.9 Å². The van der Waals surface area contributed by atoms with Crippen molar-refractivity contribution in [2.24, 2.45) is 0 Å². The van der Waals surface area contributed by atoms with E-state index in [2.05, 4.69) is 0 Å². The molecule has 0 aliphatic carbocycles. The minimum atomic E-state index is 0.517. The van der Waals surface area contributed by atoms with E-state index in [0.717, 1.165) is 6.42 Å². The summed E-state index contributed by atoms with van der Waals surface area (Å²) in [6.07, 6.45) is 0.931. The molecule has 0 aromatic heterocycles. The number of ether oxygens (including phenoxy) is 3. The maximum atomic E-state index is 5.80. The molecule has 0 aliphatic heterocycles. The van der Waals surface area contributed by atoms with Gasteiger partial charge in [0.05, 0.1) is 26.5 Å². The third kappa shape index (κ3) is 2.68. The molecule has 0 spiro atoms. The predicted octanol–water partition coefficient (Wildman–Crippen LogP) is 2.07. The maximum absolute atomic E-state index is 5.80. The van der Waals surface area contributed by atoms with E-state index in [4.69, 9.17) is 19.9 Å². The summed E-state index contributed by atoms with van der Waals surface area (Å²) < 4.78 is 15.8. The van der Waals surface area contributed by atoms with Crippen LogP contribution in [0.1, 0.15) is 13.3 Å². The van der Waals surface area contributed by atoms with E-state index in [1.807, 2.05) is 6.92 Å². The minimum Gasteiger partial charge on any atom is -0.497 e. The van der Waals surface area contributed by atoms with E-state index >= 15 is 0 Å². The smallest absolute Gasteiger partial charge is 0.184 e. The molecule has 0 amide bonds. The fraction of sp³-hybridized carbons (Fsp3) is 0.455. The van der Waals surface area contributed by atoms with Crippen LogP contribution in [0.25, 0.3) is 0 Å². The van der Waals surface area contributed by atoms with Gasteiger partial charge in [-0.05, 0) is 6.42 Å². The maximum Gasteiger partial charge on any atom is 0.184 e. The number of hydrogen-bond donors (Lipinski definition) is 1. The van der Waals surface area contributed by atoms with E-state index in [9.17, 15) is 0 Å². The van der Waals surface area contributed by atoms with Crippen molar-refractivity contribution in [3.63, 3.8) is 0 Å². The lowest BCUT2D eigenvalue weighted by Gasteiger charge is -2.13. The predicted molar refractivity (Wildman–Crippen MR) is 59.7 cm³/mol. The molecule has 0 heterocycles. The first-order valence-electron chi connectivity index (χ1n) is 4.87. The molecule has 4 heteroatoms. The summed E-state index contributed by atoms with van der Waals surface area (Å²) in [5.41, 5.74) is 6.31. The standard InChI is InChI=1S/C11H17NO3/c1-4-5-15-10-7-8(13-2)6-9(12)11(10)14-3/h6-7H,4-5,12H2,1-3H3. The van der Waals surface area contributed by atoms with Crippen LogP contribution < -0.4 is 19.9 Å². The van der Waals surface area contributed by atoms with Crippen molar-refractivity contribution < 1.29 is 14.2 Å². The van der Waals surface area contributed by atoms with Gasteiger partial charge in [0.25, 0.3) is 0 Å². The Kier molecular flexibility index (Phi) is 4.09. The number of nitrogens with two attached hydrogens (primary N) is 1. The second-order valence-electron chi connectivity index (χ2n) is 3.10. The highest BCUT2D eigenvalue weighted by atomic mass is 16.5. The van der Waals surface area contributed by atoms with Crippen LogP contribution in [0.3, 0.4) is 0 Å². The normalized spacial score (nSPS) is 9.80. The number of nitrogen functional groups attached to an aromatic ring is 1. The first kappa shape index (κ1) is 11.5. The molecule has 1 aromatic rings. The van der Waals surface area contributed by atoms with Crippen molar-refractivity contribution in [1.29, 1.82) is 0 Å². The van der Waals surface area contributed by atoms with Crippen molar-refractivity contribution in [1.82, 2.24) is 0 Å². The molecule has 0 radical (unpaired) electrons. The Balaban J connectivity index is 3.02. The summed E-state index contributed by atoms with van der Waals surface area (Å²) in [5.74, 6) is 1.85. The van der Waals surface area contributed by atoms with Crippen LogP contribution in [-0.2, 0) is 0 Å². The molecule has 0 bridgehead atoms. The van der Waals surface area contributed by atoms with Crippen molar-refractivity contribution in [3.05, 3.63) is 12.1 Å². The number of benzene rings is 1. The molecule has 0 unspecified atom stereocenters. The average molecular weight is 211 g/mol. The second kappa shape index (κ2) is 5.34. The van der Waals surface area contributed by atoms with Crippen LogP contribution in [0.15, 0.2) is 12.1 Å². The molecular weight excluding hydrogens is 194 g/mol. The van der Waals surface area contributed by atoms with Gasteiger partial charge < -0.3 is 19.9 Å². The fourth-order valence-corrected chi connectivity index (χ4v) is 1.25. The van der Waals surface area contributed by atoms with Gasteiger partial charge in [0.2, 0.25) is 0 Å². The van der Waals surface area contributed by atoms with Gasteiger partial charge in [-0.25, -0.2) is 0 Å². The molecule has 2 N–H and O–H groups in total. The molecule has 0 fully saturated rings. The van der Waals surface area contributed by atoms with E-state index in [1.54, 1.807) is 26.4 Å². The summed E-state index contributed by atoms with van der Waals surface area (Å²) in [6, 6.07) is 3.47. The van der Waals surface area contributed by atoms with Crippen LogP contribution >= 0.6 is 0 Å². The van der Waals surface area contributed by atoms with Crippen LogP contribution in [0.4, 0.5) is 5.69 Å². The highest BCUT2D eigenvalue weighted by molar-refractivity contribution is 5.63. The molecule has 0 saturated heterocycles. The summed E-state index contributed by atoms with van der Waals surface area (Å²) in [6.45, 7) is 2.67. The molecule has 0 aliphatic rings. The van der Waals surface area contributed by atoms with Crippen LogP contribution in [0, 0.1) is 0 Å². The van der Waals surface area contributed by atoms with E-state index < -0.39 is 0 Å². The Morgan fingerprint density at radius 3 is 2.47 bits per heavy atom. The van der Waals surface area contributed by atoms with Crippen molar-refractivity contribution in [2.45, 2.75) is 13.3 Å². The number of anilines is 1. The van der Waals surface area contributed by atoms with Crippen LogP contribution in [-0.4, -0.2) is 20.8 Å². The van der Waals surface area contributed by atoms with Gasteiger partial charge in [-0.15, -0.1) is 0 Å². The van der Waals surface area contributed by atoms with Gasteiger partial charge in [-0.3, -0.25) is 0 Å². The first-order chi connectivity index (χ1) is 7.22. The quantitative estimate of drug-likeness (QED) is 0.757. The Morgan fingerprint density at radius 1 is 1.20 bits per heavy atom. The molecule has 15 heavy (non-hydrogen) atoms. The molecule has 1 rings (SSSR count). The number of hydrogen-bond acceptors (Lipinski definition) is 4. The third-order valence-electron chi connectivity index (χ3n) is 1.96. The fourth-order valence-electron chi connectivity index (χ4n) is 1.25. The van der Waals surface area contributed by atoms with Crippen LogP contribution in [0.5, 0.6) is 17.2 Å². The van der Waals surface area contributed by atoms with Crippen LogP contribution in [0.2, 0.25) is 0 Å². The lowest BCUT2D eigenvalue weighted by molar-refractivity contribution is 0.292. The minimum absolute atomic E-state index is 0.517. The van der Waals surface area contributed by atoms with E-state index in [0.29, 0.717) is 29.5 Å². The molecule has 1 aromatic carbocycles. The number of rotatable bonds is 5. The lowest BCUT2D eigenvalue weighted by Crippen LogP contribution is -2.01. The molecular formula is C11H17NO3. The van der Waals surface area contributed by atoms with Crippen molar-refractivity contribution in [2.75, 3.05) is 26.6 Å². The molecule has 4 nitrogen and oxygen atoms in total. The summed E-state index contributed by atoms with van der Waals surface area (Å²) in [5, 5.41) is 0. The van der Waals surface area contributed by atoms with Crippen molar-refractivity contribution in [3.8, 4) is 17.2 Å². The van der Waals surface area contributed by atoms with Gasteiger partial charge in [-0.1, -0.05) is 6.92 Å². The Hall–Kier alpha value is -1.58. The molecule has 0 atom stereocenters. The zero-order valence-corrected chi connectivity index (χ0v) is 9.37. The topological polar surface area (TPSA) is 53.7 Å². The third-order valence-corrected chi connectivity index (χ3v) is 1.96. The molecule has 0 saturated carbocycles. The summed E-state index contributed by atoms with van der Waals surface area (Å²) >= 11 is 0. The molecule has 84 valence electrons. The van der Waals surface area contributed by atoms with Gasteiger partial charge in [-0.2, -0.15) is 0 Å². The van der Waals surface area contributed by atoms with Gasteiger partial charge in [0.1, 0.15) is 5.75 Å². The van der Waals surface area contributed by atoms with Gasteiger partial charge >= 0.3 is 0 Å². The van der Waals surface area contributed by atoms with Gasteiger partial charge in [0.15, 0.2) is 11.5 Å². The first-order valence-corrected chi connectivity index (χ1v) is 4.87. The highest BCUT2D eigenvalue weighted by Gasteiger charge is 2.10. The van der Waals surface area contributed by atoms with E-state index in [-0.39, 0.29) is 0 Å². The monoisotopic (exact) mass is 211 g/mol. The average Bonchev–Trinajstić information content (AvgIpc) is 2.25. The lowest BCUT2D eigenvalue weighted by atomic mass is 10.2. The SMILES string of the molecule is CCCOc1cc(OC)cc(N)c1OC. The zero-order valence-electron chi connectivity index (χ0n) is 9.37. The van der Waals surface area contributed by atoms with Crippen molar-refractivity contribution >= 4 is 5.69 Å². The Morgan fingerprint density at radius 2 is 1.93 bits per heavy atom. The second-order valence-corrected chi connectivity index (χ2v) is 3.10. The zero-order chi connectivity index (χ0) is 11.3. The number of methoxy groups -OCH3 is 2. The van der Waals surface area contributed by atoms with Gasteiger partial charge in [0, 0.05) is 12.1 Å². The summed E-state index contributed by atoms with van der Waals surface area (Å²) in [7, 11) is 3.15. The largest absolute Gasteiger partial charge is 0.497 e.